The highest BCUT2D eigenvalue weighted by atomic mass is 32.2. The van der Waals surface area contributed by atoms with Crippen LogP contribution in [0.2, 0.25) is 0 Å². The lowest BCUT2D eigenvalue weighted by molar-refractivity contribution is 0.143. The van der Waals surface area contributed by atoms with Crippen LogP contribution in [0.4, 0.5) is 4.39 Å². The summed E-state index contributed by atoms with van der Waals surface area (Å²) >= 11 is 1.78. The summed E-state index contributed by atoms with van der Waals surface area (Å²) < 4.78 is 19.2. The van der Waals surface area contributed by atoms with Gasteiger partial charge >= 0.3 is 0 Å². The molecule has 1 unspecified atom stereocenters. The molecule has 156 valence electrons. The third-order valence-electron chi connectivity index (χ3n) is 6.08. The van der Waals surface area contributed by atoms with E-state index in [1.54, 1.807) is 11.8 Å². The van der Waals surface area contributed by atoms with E-state index in [0.29, 0.717) is 25.4 Å². The Morgan fingerprint density at radius 3 is 2.69 bits per heavy atom. The molecule has 0 bridgehead atoms. The lowest BCUT2D eigenvalue weighted by Gasteiger charge is -2.28. The van der Waals surface area contributed by atoms with Crippen molar-refractivity contribution >= 4 is 11.8 Å². The number of nitrogens with zero attached hydrogens (tertiary/aromatic N) is 1. The van der Waals surface area contributed by atoms with E-state index in [4.69, 9.17) is 4.74 Å². The first-order chi connectivity index (χ1) is 14.2. The fourth-order valence-electron chi connectivity index (χ4n) is 4.36. The van der Waals surface area contributed by atoms with Gasteiger partial charge in [0.25, 0.3) is 0 Å². The fourth-order valence-corrected chi connectivity index (χ4v) is 4.77. The molecule has 0 spiro atoms. The second kappa shape index (κ2) is 9.96. The van der Waals surface area contributed by atoms with Crippen LogP contribution in [0.1, 0.15) is 41.9 Å². The minimum Gasteiger partial charge on any atom is -0.494 e. The van der Waals surface area contributed by atoms with Crippen molar-refractivity contribution in [3.8, 4) is 5.75 Å². The van der Waals surface area contributed by atoms with Gasteiger partial charge in [0.15, 0.2) is 0 Å². The van der Waals surface area contributed by atoms with Crippen LogP contribution in [0, 0.1) is 0 Å². The number of likely N-dealkylation sites (tertiary alicyclic amines) is 1. The van der Waals surface area contributed by atoms with Gasteiger partial charge in [-0.1, -0.05) is 18.2 Å². The van der Waals surface area contributed by atoms with E-state index < -0.39 is 6.17 Å². The quantitative estimate of drug-likeness (QED) is 0.517. The topological polar surface area (TPSA) is 24.5 Å². The van der Waals surface area contributed by atoms with E-state index in [9.17, 15) is 4.39 Å². The lowest BCUT2D eigenvalue weighted by atomic mass is 9.85. The number of piperidine rings is 1. The molecule has 0 aliphatic carbocycles. The second-order valence-corrected chi connectivity index (χ2v) is 8.92. The number of thioether (sulfide) groups is 1. The van der Waals surface area contributed by atoms with Gasteiger partial charge in [-0.2, -0.15) is 0 Å². The Labute approximate surface area is 178 Å². The summed E-state index contributed by atoms with van der Waals surface area (Å²) in [5.74, 6) is 1.34. The number of hydrogen-bond acceptors (Lipinski definition) is 4. The molecular weight excluding hydrogens is 383 g/mol. The largest absolute Gasteiger partial charge is 0.494 e. The molecule has 3 nitrogen and oxygen atoms in total. The Morgan fingerprint density at radius 2 is 1.93 bits per heavy atom. The maximum Gasteiger partial charge on any atom is 0.119 e. The molecule has 5 heteroatoms. The molecule has 0 saturated carbocycles. The minimum absolute atomic E-state index is 0.391. The Balaban J connectivity index is 1.33. The molecule has 2 heterocycles. The fraction of sp³-hybridized carbons (Fsp3) is 0.500. The highest BCUT2D eigenvalue weighted by Crippen LogP contribution is 2.33. The molecule has 4 rings (SSSR count). The summed E-state index contributed by atoms with van der Waals surface area (Å²) in [5.41, 5.74) is 4.10. The molecule has 2 aliphatic rings. The van der Waals surface area contributed by atoms with Crippen molar-refractivity contribution in [1.82, 2.24) is 10.2 Å². The van der Waals surface area contributed by atoms with Crippen LogP contribution in [0.25, 0.3) is 0 Å². The predicted molar refractivity (Wildman–Crippen MR) is 119 cm³/mol. The summed E-state index contributed by atoms with van der Waals surface area (Å²) in [6.07, 6.45) is 3.86. The first-order valence-electron chi connectivity index (χ1n) is 10.7. The number of halogens is 1. The van der Waals surface area contributed by atoms with Gasteiger partial charge in [0.05, 0.1) is 6.61 Å². The summed E-state index contributed by atoms with van der Waals surface area (Å²) in [6, 6.07) is 15.5. The number of hydrogen-bond donors (Lipinski definition) is 1. The molecular formula is C24H31FN2OS. The highest BCUT2D eigenvalue weighted by Gasteiger charge is 2.22. The van der Waals surface area contributed by atoms with Crippen molar-refractivity contribution < 1.29 is 9.13 Å². The highest BCUT2D eigenvalue weighted by molar-refractivity contribution is 7.98. The van der Waals surface area contributed by atoms with Crippen LogP contribution in [-0.4, -0.2) is 50.1 Å². The molecule has 1 saturated heterocycles. The van der Waals surface area contributed by atoms with Gasteiger partial charge in [-0.3, -0.25) is 0 Å². The summed E-state index contributed by atoms with van der Waals surface area (Å²) in [4.78, 5) is 3.65. The normalized spacial score (nSPS) is 20.4. The van der Waals surface area contributed by atoms with E-state index in [1.807, 2.05) is 0 Å². The van der Waals surface area contributed by atoms with Gasteiger partial charge in [0.2, 0.25) is 0 Å². The molecule has 1 fully saturated rings. The average molecular weight is 415 g/mol. The Kier molecular flexibility index (Phi) is 7.11. The Bertz CT molecular complexity index is 790. The van der Waals surface area contributed by atoms with E-state index >= 15 is 0 Å². The third kappa shape index (κ3) is 5.33. The summed E-state index contributed by atoms with van der Waals surface area (Å²) in [7, 11) is 0. The maximum absolute atomic E-state index is 13.2. The molecule has 2 aromatic carbocycles. The van der Waals surface area contributed by atoms with Gasteiger partial charge in [0.1, 0.15) is 11.9 Å². The molecule has 1 N–H and O–H groups in total. The van der Waals surface area contributed by atoms with Crippen LogP contribution < -0.4 is 10.1 Å². The number of ether oxygens (including phenoxy) is 1. The van der Waals surface area contributed by atoms with Crippen molar-refractivity contribution in [3.05, 3.63) is 59.2 Å². The Hall–Kier alpha value is -1.56. The number of rotatable bonds is 7. The van der Waals surface area contributed by atoms with Crippen LogP contribution in [0.3, 0.4) is 0 Å². The van der Waals surface area contributed by atoms with Crippen molar-refractivity contribution in [2.45, 2.75) is 42.8 Å². The van der Waals surface area contributed by atoms with Crippen molar-refractivity contribution in [2.24, 2.45) is 0 Å². The molecule has 2 aromatic rings. The van der Waals surface area contributed by atoms with Gasteiger partial charge in [-0.15, -0.1) is 11.8 Å². The first kappa shape index (κ1) is 20.7. The smallest absolute Gasteiger partial charge is 0.119 e. The monoisotopic (exact) mass is 414 g/mol. The van der Waals surface area contributed by atoms with Gasteiger partial charge in [-0.25, -0.2) is 4.39 Å². The standard InChI is InChI=1S/C24H31FN2OS/c1-29-22-6-3-18(4-7-22)24-17-26-16-19-15-21(5-8-23(19)24)28-14-2-11-27-12-9-20(25)10-13-27/h3-8,15,20,24,26H,2,9-14,16-17H2,1H3. The van der Waals surface area contributed by atoms with Crippen LogP contribution in [0.5, 0.6) is 5.75 Å². The zero-order valence-electron chi connectivity index (χ0n) is 17.2. The van der Waals surface area contributed by atoms with E-state index in [1.165, 1.54) is 21.6 Å². The Morgan fingerprint density at radius 1 is 1.14 bits per heavy atom. The number of benzene rings is 2. The van der Waals surface area contributed by atoms with Gasteiger partial charge < -0.3 is 15.0 Å². The maximum atomic E-state index is 13.2. The van der Waals surface area contributed by atoms with Gasteiger partial charge in [-0.05, 0) is 66.5 Å². The number of nitrogens with one attached hydrogen (secondary N) is 1. The third-order valence-corrected chi connectivity index (χ3v) is 6.82. The average Bonchev–Trinajstić information content (AvgIpc) is 2.77. The van der Waals surface area contributed by atoms with E-state index in [2.05, 4.69) is 58.9 Å². The van der Waals surface area contributed by atoms with E-state index in [0.717, 1.165) is 44.9 Å². The first-order valence-corrected chi connectivity index (χ1v) is 11.9. The molecule has 0 aromatic heterocycles. The summed E-state index contributed by atoms with van der Waals surface area (Å²) in [6.45, 7) is 5.33. The molecule has 0 amide bonds. The SMILES string of the molecule is CSc1ccc(C2CNCc3cc(OCCCN4CCC(F)CC4)ccc32)cc1. The van der Waals surface area contributed by atoms with Crippen molar-refractivity contribution in [1.29, 1.82) is 0 Å². The van der Waals surface area contributed by atoms with E-state index in [-0.39, 0.29) is 0 Å². The number of fused-ring (bicyclic) bond motifs is 1. The predicted octanol–water partition coefficient (Wildman–Crippen LogP) is 4.85. The van der Waals surface area contributed by atoms with Gasteiger partial charge in [0, 0.05) is 43.5 Å². The van der Waals surface area contributed by atoms with Crippen LogP contribution in [0.15, 0.2) is 47.4 Å². The van der Waals surface area contributed by atoms with Crippen LogP contribution >= 0.6 is 11.8 Å². The molecule has 29 heavy (non-hydrogen) atoms. The minimum atomic E-state index is -0.598. The molecule has 2 aliphatic heterocycles. The molecule has 1 atom stereocenters. The summed E-state index contributed by atoms with van der Waals surface area (Å²) in [5, 5.41) is 3.56. The zero-order valence-corrected chi connectivity index (χ0v) is 18.0. The van der Waals surface area contributed by atoms with Crippen molar-refractivity contribution in [3.63, 3.8) is 0 Å². The zero-order chi connectivity index (χ0) is 20.1. The number of alkyl halides is 1. The molecule has 0 radical (unpaired) electrons. The lowest BCUT2D eigenvalue weighted by Crippen LogP contribution is -2.35. The second-order valence-electron chi connectivity index (χ2n) is 8.04. The van der Waals surface area contributed by atoms with Crippen LogP contribution in [-0.2, 0) is 6.54 Å². The van der Waals surface area contributed by atoms with Crippen molar-refractivity contribution in [2.75, 3.05) is 39.0 Å².